The highest BCUT2D eigenvalue weighted by Gasteiger charge is 2.55. The minimum Gasteiger partial charge on any atom is -0.466 e. The van der Waals surface area contributed by atoms with Gasteiger partial charge in [-0.2, -0.15) is 0 Å². The lowest BCUT2D eigenvalue weighted by Gasteiger charge is -2.32. The Kier molecular flexibility index (Phi) is 15.0. The first-order valence-corrected chi connectivity index (χ1v) is 14.6. The van der Waals surface area contributed by atoms with Crippen molar-refractivity contribution >= 4 is 17.7 Å². The average molecular weight is 529 g/mol. The monoisotopic (exact) mass is 528 g/mol. The maximum Gasteiger partial charge on any atom is 0.320 e. The third kappa shape index (κ3) is 10.0. The van der Waals surface area contributed by atoms with Crippen LogP contribution in [0.3, 0.4) is 0 Å². The molecule has 1 saturated carbocycles. The van der Waals surface area contributed by atoms with E-state index in [9.17, 15) is 14.4 Å². The molecule has 6 heteroatoms. The zero-order valence-electron chi connectivity index (χ0n) is 23.8. The van der Waals surface area contributed by atoms with Crippen molar-refractivity contribution in [3.63, 3.8) is 0 Å². The van der Waals surface area contributed by atoms with Gasteiger partial charge in [-0.25, -0.2) is 0 Å². The summed E-state index contributed by atoms with van der Waals surface area (Å²) in [6.45, 7) is 6.98. The molecule has 212 valence electrons. The number of unbranched alkanes of at least 4 members (excludes halogenated alkanes) is 3. The summed E-state index contributed by atoms with van der Waals surface area (Å²) in [7, 11) is 0. The number of Topliss-reactive ketones (excluding diaryl/α,β-unsaturated/α-hetero) is 1. The van der Waals surface area contributed by atoms with Crippen LogP contribution in [0.1, 0.15) is 103 Å². The van der Waals surface area contributed by atoms with E-state index in [1.54, 1.807) is 13.8 Å². The molecule has 0 spiro atoms. The van der Waals surface area contributed by atoms with Gasteiger partial charge in [-0.1, -0.05) is 68.7 Å². The highest BCUT2D eigenvalue weighted by atomic mass is 16.5. The van der Waals surface area contributed by atoms with Crippen LogP contribution in [0, 0.1) is 11.3 Å². The first kappa shape index (κ1) is 31.7. The second-order valence-electron chi connectivity index (χ2n) is 10.2. The first-order valence-electron chi connectivity index (χ1n) is 14.6. The van der Waals surface area contributed by atoms with Gasteiger partial charge < -0.3 is 14.2 Å². The number of benzene rings is 1. The maximum absolute atomic E-state index is 13.3. The summed E-state index contributed by atoms with van der Waals surface area (Å²) >= 11 is 0. The molecule has 0 amide bonds. The molecule has 1 aliphatic carbocycles. The normalized spacial score (nSPS) is 20.1. The Bertz CT molecular complexity index is 864. The third-order valence-corrected chi connectivity index (χ3v) is 7.51. The van der Waals surface area contributed by atoms with E-state index in [0.29, 0.717) is 51.7 Å². The van der Waals surface area contributed by atoms with Crippen LogP contribution in [0.25, 0.3) is 0 Å². The lowest BCUT2D eigenvalue weighted by molar-refractivity contribution is -0.161. The van der Waals surface area contributed by atoms with Gasteiger partial charge in [-0.3, -0.25) is 14.4 Å². The predicted molar refractivity (Wildman–Crippen MR) is 149 cm³/mol. The van der Waals surface area contributed by atoms with Crippen molar-refractivity contribution in [3.8, 4) is 0 Å². The fraction of sp³-hybridized carbons (Fsp3) is 0.656. The molecule has 0 saturated heterocycles. The van der Waals surface area contributed by atoms with Crippen LogP contribution >= 0.6 is 0 Å². The molecule has 1 aliphatic rings. The Labute approximate surface area is 229 Å². The van der Waals surface area contributed by atoms with Gasteiger partial charge in [-0.05, 0) is 70.3 Å². The largest absolute Gasteiger partial charge is 0.466 e. The zero-order valence-corrected chi connectivity index (χ0v) is 23.8. The summed E-state index contributed by atoms with van der Waals surface area (Å²) < 4.78 is 16.8. The van der Waals surface area contributed by atoms with E-state index in [-0.39, 0.29) is 30.4 Å². The van der Waals surface area contributed by atoms with Crippen molar-refractivity contribution in [2.45, 2.75) is 111 Å². The molecule has 0 bridgehead atoms. The summed E-state index contributed by atoms with van der Waals surface area (Å²) in [4.78, 5) is 38.1. The molecule has 6 nitrogen and oxygen atoms in total. The number of hydrogen-bond donors (Lipinski definition) is 0. The van der Waals surface area contributed by atoms with E-state index in [1.165, 1.54) is 6.42 Å². The summed E-state index contributed by atoms with van der Waals surface area (Å²) in [5.41, 5.74) is 0.0270. The lowest BCUT2D eigenvalue weighted by atomic mass is 9.72. The standard InChI is InChI=1S/C32H48O6/c1-4-7-11-18-28(38-25-26-16-12-10-13-17-26)22-20-27-21-23-29(33)32(27,31(35)37-6-3)24-15-9-8-14-19-30(34)36-5-2/h9-10,12-13,15-17,27-28H,4-8,11,14,18-25H2,1-3H3/b15-9-. The SMILES string of the molecule is CCCCCC(CCC1CCC(=O)C1(C/C=C\CCCC(=O)OCC)C(=O)OCC)OCc1ccccc1. The van der Waals surface area contributed by atoms with Crippen molar-refractivity contribution in [1.29, 1.82) is 0 Å². The molecule has 2 rings (SSSR count). The molecule has 0 heterocycles. The lowest BCUT2D eigenvalue weighted by Crippen LogP contribution is -2.42. The summed E-state index contributed by atoms with van der Waals surface area (Å²) in [5, 5.41) is 0. The molecule has 0 N–H and O–H groups in total. The Balaban J connectivity index is 2.05. The first-order chi connectivity index (χ1) is 18.5. The number of carbonyl (C=O) groups excluding carboxylic acids is 3. The third-order valence-electron chi connectivity index (χ3n) is 7.51. The second-order valence-corrected chi connectivity index (χ2v) is 10.2. The van der Waals surface area contributed by atoms with Crippen LogP contribution in [-0.2, 0) is 35.2 Å². The molecule has 1 fully saturated rings. The summed E-state index contributed by atoms with van der Waals surface area (Å²) in [6, 6.07) is 10.2. The Morgan fingerprint density at radius 3 is 2.47 bits per heavy atom. The number of esters is 2. The number of rotatable bonds is 19. The van der Waals surface area contributed by atoms with Gasteiger partial charge in [-0.15, -0.1) is 0 Å². The topological polar surface area (TPSA) is 78.9 Å². The van der Waals surface area contributed by atoms with Crippen molar-refractivity contribution in [1.82, 2.24) is 0 Å². The van der Waals surface area contributed by atoms with Gasteiger partial charge in [0.15, 0.2) is 5.78 Å². The summed E-state index contributed by atoms with van der Waals surface area (Å²) in [5.74, 6) is -0.661. The molecular formula is C32H48O6. The minimum atomic E-state index is -1.12. The maximum atomic E-state index is 13.3. The van der Waals surface area contributed by atoms with E-state index in [2.05, 4.69) is 19.1 Å². The summed E-state index contributed by atoms with van der Waals surface area (Å²) in [6.07, 6.45) is 13.2. The van der Waals surface area contributed by atoms with Gasteiger partial charge in [0, 0.05) is 12.8 Å². The number of carbonyl (C=O) groups is 3. The van der Waals surface area contributed by atoms with Crippen LogP contribution < -0.4 is 0 Å². The Hall–Kier alpha value is -2.47. The Morgan fingerprint density at radius 1 is 1.00 bits per heavy atom. The van der Waals surface area contributed by atoms with Gasteiger partial charge in [0.05, 0.1) is 25.9 Å². The van der Waals surface area contributed by atoms with Crippen molar-refractivity contribution in [2.75, 3.05) is 13.2 Å². The molecule has 38 heavy (non-hydrogen) atoms. The van der Waals surface area contributed by atoms with Crippen molar-refractivity contribution in [3.05, 3.63) is 48.0 Å². The molecule has 0 aromatic heterocycles. The smallest absolute Gasteiger partial charge is 0.320 e. The number of ketones is 1. The number of allylic oxidation sites excluding steroid dienone is 2. The molecule has 1 aromatic carbocycles. The molecular weight excluding hydrogens is 480 g/mol. The quantitative estimate of drug-likeness (QED) is 0.0822. The highest BCUT2D eigenvalue weighted by molar-refractivity contribution is 6.06. The number of hydrogen-bond acceptors (Lipinski definition) is 6. The van der Waals surface area contributed by atoms with Crippen molar-refractivity contribution < 1.29 is 28.6 Å². The zero-order chi connectivity index (χ0) is 27.6. The van der Waals surface area contributed by atoms with Gasteiger partial charge >= 0.3 is 11.9 Å². The molecule has 3 atom stereocenters. The highest BCUT2D eigenvalue weighted by Crippen LogP contribution is 2.47. The second kappa shape index (κ2) is 17.9. The van der Waals surface area contributed by atoms with E-state index in [4.69, 9.17) is 14.2 Å². The Morgan fingerprint density at radius 2 is 1.76 bits per heavy atom. The van der Waals surface area contributed by atoms with Crippen LogP contribution in [0.5, 0.6) is 0 Å². The van der Waals surface area contributed by atoms with Crippen LogP contribution in [-0.4, -0.2) is 37.0 Å². The van der Waals surface area contributed by atoms with Crippen LogP contribution in [0.15, 0.2) is 42.5 Å². The predicted octanol–water partition coefficient (Wildman–Crippen LogP) is 7.14. The van der Waals surface area contributed by atoms with Gasteiger partial charge in [0.1, 0.15) is 5.41 Å². The van der Waals surface area contributed by atoms with Crippen molar-refractivity contribution in [2.24, 2.45) is 11.3 Å². The molecule has 0 radical (unpaired) electrons. The van der Waals surface area contributed by atoms with E-state index >= 15 is 0 Å². The fourth-order valence-electron chi connectivity index (χ4n) is 5.39. The van der Waals surface area contributed by atoms with E-state index < -0.39 is 11.4 Å². The fourth-order valence-corrected chi connectivity index (χ4v) is 5.39. The molecule has 3 unspecified atom stereocenters. The van der Waals surface area contributed by atoms with E-state index in [0.717, 1.165) is 37.7 Å². The van der Waals surface area contributed by atoms with E-state index in [1.807, 2.05) is 30.4 Å². The van der Waals surface area contributed by atoms with Crippen LogP contribution in [0.4, 0.5) is 0 Å². The minimum absolute atomic E-state index is 0.00939. The molecule has 1 aromatic rings. The number of ether oxygens (including phenoxy) is 3. The van der Waals surface area contributed by atoms with Gasteiger partial charge in [0.25, 0.3) is 0 Å². The van der Waals surface area contributed by atoms with Gasteiger partial charge in [0.2, 0.25) is 0 Å². The average Bonchev–Trinajstić information content (AvgIpc) is 3.24. The molecule has 0 aliphatic heterocycles. The van der Waals surface area contributed by atoms with Crippen LogP contribution in [0.2, 0.25) is 0 Å².